The lowest BCUT2D eigenvalue weighted by Gasteiger charge is -2.34. The molecule has 0 atom stereocenters. The van der Waals surface area contributed by atoms with Gasteiger partial charge in [-0.25, -0.2) is 13.4 Å². The van der Waals surface area contributed by atoms with Gasteiger partial charge in [-0.15, -0.1) is 5.10 Å². The molecule has 0 bridgehead atoms. The van der Waals surface area contributed by atoms with E-state index in [-0.39, 0.29) is 5.03 Å². The largest absolute Gasteiger partial charge is 0.352 e. The highest BCUT2D eigenvalue weighted by Gasteiger charge is 2.29. The molecule has 0 radical (unpaired) electrons. The van der Waals surface area contributed by atoms with E-state index in [1.165, 1.54) is 16.8 Å². The third kappa shape index (κ3) is 2.74. The van der Waals surface area contributed by atoms with Crippen molar-refractivity contribution < 1.29 is 8.42 Å². The minimum Gasteiger partial charge on any atom is -0.352 e. The summed E-state index contributed by atoms with van der Waals surface area (Å²) >= 11 is 0. The van der Waals surface area contributed by atoms with Gasteiger partial charge in [0.25, 0.3) is 10.0 Å². The van der Waals surface area contributed by atoms with Crippen LogP contribution >= 0.6 is 0 Å². The van der Waals surface area contributed by atoms with Crippen molar-refractivity contribution in [3.05, 3.63) is 30.4 Å². The van der Waals surface area contributed by atoms with E-state index >= 15 is 0 Å². The van der Waals surface area contributed by atoms with E-state index in [1.54, 1.807) is 0 Å². The standard InChI is InChI=1S/C12H16N6O2S/c1-10-2-3-11(16-15-10)17-4-6-18(7-5-17)21(19,20)12-8-13-9-14-12/h2-3,8-9H,4-7H2,1H3,(H,13,14). The number of sulfonamides is 1. The fourth-order valence-electron chi connectivity index (χ4n) is 2.24. The Morgan fingerprint density at radius 2 is 1.90 bits per heavy atom. The maximum absolute atomic E-state index is 12.3. The van der Waals surface area contributed by atoms with Crippen LogP contribution in [0.1, 0.15) is 5.69 Å². The van der Waals surface area contributed by atoms with Crippen LogP contribution in [0, 0.1) is 6.92 Å². The molecular formula is C12H16N6O2S. The molecule has 1 fully saturated rings. The van der Waals surface area contributed by atoms with Crippen LogP contribution < -0.4 is 4.90 Å². The predicted molar refractivity (Wildman–Crippen MR) is 76.3 cm³/mol. The van der Waals surface area contributed by atoms with Crippen LogP contribution in [-0.4, -0.2) is 59.1 Å². The molecular weight excluding hydrogens is 292 g/mol. The summed E-state index contributed by atoms with van der Waals surface area (Å²) in [5, 5.41) is 8.29. The second kappa shape index (κ2) is 5.41. The quantitative estimate of drug-likeness (QED) is 0.859. The summed E-state index contributed by atoms with van der Waals surface area (Å²) in [6, 6.07) is 3.80. The Kier molecular flexibility index (Phi) is 3.60. The second-order valence-electron chi connectivity index (χ2n) is 4.84. The maximum Gasteiger partial charge on any atom is 0.260 e. The number of nitrogens with one attached hydrogen (secondary N) is 1. The molecule has 1 aliphatic heterocycles. The van der Waals surface area contributed by atoms with E-state index < -0.39 is 10.0 Å². The van der Waals surface area contributed by atoms with Gasteiger partial charge < -0.3 is 9.88 Å². The topological polar surface area (TPSA) is 95.1 Å². The van der Waals surface area contributed by atoms with Gasteiger partial charge in [-0.1, -0.05) is 0 Å². The lowest BCUT2D eigenvalue weighted by molar-refractivity contribution is 0.382. The molecule has 0 aromatic carbocycles. The van der Waals surface area contributed by atoms with E-state index in [0.717, 1.165) is 11.5 Å². The molecule has 0 aliphatic carbocycles. The van der Waals surface area contributed by atoms with E-state index in [2.05, 4.69) is 20.2 Å². The van der Waals surface area contributed by atoms with Gasteiger partial charge in [0, 0.05) is 26.2 Å². The predicted octanol–water partition coefficient (Wildman–Crippen LogP) is 0.0190. The first kappa shape index (κ1) is 14.0. The molecule has 112 valence electrons. The van der Waals surface area contributed by atoms with Gasteiger partial charge in [-0.05, 0) is 19.1 Å². The van der Waals surface area contributed by atoms with E-state index in [1.807, 2.05) is 24.0 Å². The minimum atomic E-state index is -3.48. The average molecular weight is 308 g/mol. The summed E-state index contributed by atoms with van der Waals surface area (Å²) in [5.41, 5.74) is 0.860. The van der Waals surface area contributed by atoms with Crippen LogP contribution in [0.5, 0.6) is 0 Å². The van der Waals surface area contributed by atoms with Crippen molar-refractivity contribution in [3.8, 4) is 0 Å². The number of aryl methyl sites for hydroxylation is 1. The number of imidazole rings is 1. The molecule has 0 unspecified atom stereocenters. The van der Waals surface area contributed by atoms with Gasteiger partial charge in [-0.2, -0.15) is 9.40 Å². The number of H-pyrrole nitrogens is 1. The molecule has 3 rings (SSSR count). The monoisotopic (exact) mass is 308 g/mol. The lowest BCUT2D eigenvalue weighted by atomic mass is 10.3. The van der Waals surface area contributed by atoms with Crippen LogP contribution in [0.3, 0.4) is 0 Å². The molecule has 0 spiro atoms. The zero-order valence-corrected chi connectivity index (χ0v) is 12.4. The lowest BCUT2D eigenvalue weighted by Crippen LogP contribution is -2.49. The highest BCUT2D eigenvalue weighted by atomic mass is 32.2. The number of aromatic nitrogens is 4. The number of nitrogens with zero attached hydrogens (tertiary/aromatic N) is 5. The maximum atomic E-state index is 12.3. The Balaban J connectivity index is 1.69. The van der Waals surface area contributed by atoms with E-state index in [4.69, 9.17) is 0 Å². The van der Waals surface area contributed by atoms with Crippen molar-refractivity contribution in [2.75, 3.05) is 31.1 Å². The molecule has 9 heteroatoms. The number of piperazine rings is 1. The molecule has 1 N–H and O–H groups in total. The molecule has 0 saturated carbocycles. The zero-order valence-electron chi connectivity index (χ0n) is 11.6. The van der Waals surface area contributed by atoms with Crippen LogP contribution in [0.4, 0.5) is 5.82 Å². The van der Waals surface area contributed by atoms with Crippen molar-refractivity contribution in [2.24, 2.45) is 0 Å². The van der Waals surface area contributed by atoms with Crippen LogP contribution in [-0.2, 0) is 10.0 Å². The first-order valence-electron chi connectivity index (χ1n) is 6.61. The summed E-state index contributed by atoms with van der Waals surface area (Å²) in [5.74, 6) is 0.777. The summed E-state index contributed by atoms with van der Waals surface area (Å²) in [6.07, 6.45) is 2.69. The van der Waals surface area contributed by atoms with Gasteiger partial charge in [0.2, 0.25) is 0 Å². The number of hydrogen-bond acceptors (Lipinski definition) is 6. The second-order valence-corrected chi connectivity index (χ2v) is 6.75. The Bertz CT molecular complexity index is 690. The summed E-state index contributed by atoms with van der Waals surface area (Å²) in [7, 11) is -3.48. The van der Waals surface area contributed by atoms with Crippen LogP contribution in [0.15, 0.2) is 29.7 Å². The highest BCUT2D eigenvalue weighted by molar-refractivity contribution is 7.89. The van der Waals surface area contributed by atoms with Gasteiger partial charge in [0.1, 0.15) is 0 Å². The molecule has 3 heterocycles. The first-order chi connectivity index (χ1) is 10.1. The average Bonchev–Trinajstić information content (AvgIpc) is 3.03. The number of hydrogen-bond donors (Lipinski definition) is 1. The SMILES string of the molecule is Cc1ccc(N2CCN(S(=O)(=O)c3cnc[nH]3)CC2)nn1. The third-order valence-electron chi connectivity index (χ3n) is 3.44. The smallest absolute Gasteiger partial charge is 0.260 e. The van der Waals surface area contributed by atoms with Crippen molar-refractivity contribution >= 4 is 15.8 Å². The number of rotatable bonds is 3. The molecule has 2 aromatic heterocycles. The van der Waals surface area contributed by atoms with Crippen molar-refractivity contribution in [2.45, 2.75) is 11.9 Å². The van der Waals surface area contributed by atoms with Crippen LogP contribution in [0.2, 0.25) is 0 Å². The highest BCUT2D eigenvalue weighted by Crippen LogP contribution is 2.18. The number of anilines is 1. The van der Waals surface area contributed by atoms with E-state index in [9.17, 15) is 8.42 Å². The Labute approximate surface area is 122 Å². The normalized spacial score (nSPS) is 17.1. The van der Waals surface area contributed by atoms with Crippen molar-refractivity contribution in [1.29, 1.82) is 0 Å². The number of aromatic amines is 1. The Morgan fingerprint density at radius 3 is 2.48 bits per heavy atom. The molecule has 0 amide bonds. The fourth-order valence-corrected chi connectivity index (χ4v) is 3.56. The molecule has 21 heavy (non-hydrogen) atoms. The van der Waals surface area contributed by atoms with Gasteiger partial charge in [-0.3, -0.25) is 0 Å². The van der Waals surface area contributed by atoms with Gasteiger partial charge in [0.05, 0.1) is 18.2 Å². The first-order valence-corrected chi connectivity index (χ1v) is 8.05. The van der Waals surface area contributed by atoms with Gasteiger partial charge >= 0.3 is 0 Å². The van der Waals surface area contributed by atoms with Crippen LogP contribution in [0.25, 0.3) is 0 Å². The Hall–Kier alpha value is -2.00. The van der Waals surface area contributed by atoms with Crippen molar-refractivity contribution in [3.63, 3.8) is 0 Å². The van der Waals surface area contributed by atoms with Gasteiger partial charge in [0.15, 0.2) is 10.8 Å². The molecule has 8 nitrogen and oxygen atoms in total. The zero-order chi connectivity index (χ0) is 14.9. The molecule has 1 aliphatic rings. The van der Waals surface area contributed by atoms with Crippen molar-refractivity contribution in [1.82, 2.24) is 24.5 Å². The Morgan fingerprint density at radius 1 is 1.14 bits per heavy atom. The summed E-state index contributed by atoms with van der Waals surface area (Å²) in [6.45, 7) is 3.88. The minimum absolute atomic E-state index is 0.131. The molecule has 1 saturated heterocycles. The summed E-state index contributed by atoms with van der Waals surface area (Å²) in [4.78, 5) is 8.44. The molecule has 2 aromatic rings. The fraction of sp³-hybridized carbons (Fsp3) is 0.417. The van der Waals surface area contributed by atoms with E-state index in [0.29, 0.717) is 26.2 Å². The third-order valence-corrected chi connectivity index (χ3v) is 5.26. The summed E-state index contributed by atoms with van der Waals surface area (Å²) < 4.78 is 26.1.